The van der Waals surface area contributed by atoms with E-state index in [2.05, 4.69) is 34.4 Å². The zero-order valence-corrected chi connectivity index (χ0v) is 23.7. The van der Waals surface area contributed by atoms with E-state index in [4.69, 9.17) is 14.5 Å². The first kappa shape index (κ1) is 29.4. The Balaban J connectivity index is 1.82. The van der Waals surface area contributed by atoms with Gasteiger partial charge >= 0.3 is 5.97 Å². The van der Waals surface area contributed by atoms with Gasteiger partial charge in [0, 0.05) is 39.1 Å². The third-order valence-corrected chi connectivity index (χ3v) is 6.25. The molecule has 1 aromatic carbocycles. The van der Waals surface area contributed by atoms with Crippen LogP contribution in [0.5, 0.6) is 5.75 Å². The van der Waals surface area contributed by atoms with Crippen LogP contribution in [0.25, 0.3) is 0 Å². The largest absolute Gasteiger partial charge is 0.458 e. The van der Waals surface area contributed by atoms with Crippen molar-refractivity contribution in [1.29, 1.82) is 0 Å². The van der Waals surface area contributed by atoms with E-state index in [1.165, 1.54) is 0 Å². The number of carbonyl (C=O) groups excluding carboxylic acids is 1. The van der Waals surface area contributed by atoms with Crippen molar-refractivity contribution >= 4 is 23.4 Å². The molecule has 1 unspecified atom stereocenters. The summed E-state index contributed by atoms with van der Waals surface area (Å²) in [6, 6.07) is 6.74. The molecule has 2 heterocycles. The quantitative estimate of drug-likeness (QED) is 0.262. The van der Waals surface area contributed by atoms with Crippen molar-refractivity contribution in [2.24, 2.45) is 0 Å². The van der Waals surface area contributed by atoms with Crippen LogP contribution in [0.3, 0.4) is 0 Å². The molecule has 1 saturated heterocycles. The molecule has 0 bridgehead atoms. The predicted molar refractivity (Wildman–Crippen MR) is 151 cm³/mol. The highest BCUT2D eigenvalue weighted by Crippen LogP contribution is 2.25. The van der Waals surface area contributed by atoms with Gasteiger partial charge in [0.15, 0.2) is 5.82 Å². The lowest BCUT2D eigenvalue weighted by Gasteiger charge is -2.26. The van der Waals surface area contributed by atoms with Crippen molar-refractivity contribution in [3.8, 4) is 5.75 Å². The molecule has 3 N–H and O–H groups in total. The molecule has 210 valence electrons. The third kappa shape index (κ3) is 8.46. The molecule has 2 atom stereocenters. The van der Waals surface area contributed by atoms with Crippen LogP contribution in [-0.2, 0) is 16.0 Å². The van der Waals surface area contributed by atoms with Gasteiger partial charge < -0.3 is 30.1 Å². The highest BCUT2D eigenvalue weighted by molar-refractivity contribution is 5.81. The smallest absolute Gasteiger partial charge is 0.329 e. The van der Waals surface area contributed by atoms with Crippen LogP contribution in [-0.4, -0.2) is 76.7 Å². The molecule has 1 aromatic heterocycles. The van der Waals surface area contributed by atoms with Crippen molar-refractivity contribution < 1.29 is 19.4 Å². The van der Waals surface area contributed by atoms with Gasteiger partial charge in [-0.25, -0.2) is 14.7 Å². The summed E-state index contributed by atoms with van der Waals surface area (Å²) in [6.07, 6.45) is 3.30. The summed E-state index contributed by atoms with van der Waals surface area (Å²) in [4.78, 5) is 26.5. The molecule has 2 aromatic rings. The van der Waals surface area contributed by atoms with E-state index in [0.717, 1.165) is 50.3 Å². The van der Waals surface area contributed by atoms with Gasteiger partial charge in [-0.2, -0.15) is 4.98 Å². The zero-order valence-electron chi connectivity index (χ0n) is 23.7. The summed E-state index contributed by atoms with van der Waals surface area (Å²) in [5.41, 5.74) is 0.999. The Hall–Kier alpha value is -3.11. The Bertz CT molecular complexity index is 1020. The molecule has 10 nitrogen and oxygen atoms in total. The number of carbonyl (C=O) groups is 1. The SMILES string of the molecule is CCNc1cnc(N(CC)CC)nc1N[C@@H](Cc1ccc(OC(O)N2CCCC2)cc1)C(=O)OC(C)(C)C. The normalized spacial score (nSPS) is 15.6. The number of aromatic nitrogens is 2. The van der Waals surface area contributed by atoms with Crippen molar-refractivity contribution in [2.75, 3.05) is 48.3 Å². The minimum atomic E-state index is -0.957. The molecule has 0 spiro atoms. The fourth-order valence-electron chi connectivity index (χ4n) is 4.29. The third-order valence-electron chi connectivity index (χ3n) is 6.25. The molecule has 0 saturated carbocycles. The van der Waals surface area contributed by atoms with Gasteiger partial charge in [0.25, 0.3) is 6.41 Å². The predicted octanol–water partition coefficient (Wildman–Crippen LogP) is 3.87. The standard InChI is InChI=1S/C28H44N6O4/c1-7-29-23-19-30-26(33(8-2)9-3)32-24(23)31-22(25(35)38-28(4,5)6)18-20-12-14-21(15-13-20)37-27(36)34-16-10-11-17-34/h12-15,19,22,27,29,36H,7-11,16-18H2,1-6H3,(H,30,31,32)/t22-,27?/m0/s1. The van der Waals surface area contributed by atoms with Crippen molar-refractivity contribution in [3.63, 3.8) is 0 Å². The number of esters is 1. The fraction of sp³-hybridized carbons (Fsp3) is 0.607. The van der Waals surface area contributed by atoms with Gasteiger partial charge in [0.2, 0.25) is 5.95 Å². The number of hydrogen-bond donors (Lipinski definition) is 3. The van der Waals surface area contributed by atoms with E-state index in [1.807, 2.05) is 56.9 Å². The second-order valence-corrected chi connectivity index (χ2v) is 10.4. The minimum Gasteiger partial charge on any atom is -0.458 e. The van der Waals surface area contributed by atoms with Crippen LogP contribution in [0.2, 0.25) is 0 Å². The molecule has 1 aliphatic heterocycles. The maximum atomic E-state index is 13.3. The Morgan fingerprint density at radius 3 is 2.37 bits per heavy atom. The van der Waals surface area contributed by atoms with Crippen molar-refractivity contribution in [1.82, 2.24) is 14.9 Å². The van der Waals surface area contributed by atoms with Gasteiger partial charge in [-0.05, 0) is 72.1 Å². The molecule has 0 aliphatic carbocycles. The van der Waals surface area contributed by atoms with Gasteiger partial charge in [-0.1, -0.05) is 12.1 Å². The first-order valence-electron chi connectivity index (χ1n) is 13.7. The van der Waals surface area contributed by atoms with E-state index in [-0.39, 0.29) is 5.97 Å². The van der Waals surface area contributed by atoms with Crippen LogP contribution < -0.4 is 20.3 Å². The summed E-state index contributed by atoms with van der Waals surface area (Å²) in [5.74, 6) is 1.35. The maximum absolute atomic E-state index is 13.3. The Kier molecular flexibility index (Phi) is 10.6. The molecule has 0 amide bonds. The zero-order chi connectivity index (χ0) is 27.7. The van der Waals surface area contributed by atoms with Crippen LogP contribution in [0.4, 0.5) is 17.5 Å². The van der Waals surface area contributed by atoms with E-state index in [1.54, 1.807) is 6.20 Å². The molecule has 3 rings (SSSR count). The molecule has 10 heteroatoms. The second kappa shape index (κ2) is 13.6. The number of benzene rings is 1. The van der Waals surface area contributed by atoms with Gasteiger partial charge in [0.05, 0.1) is 11.9 Å². The van der Waals surface area contributed by atoms with E-state index in [9.17, 15) is 9.90 Å². The van der Waals surface area contributed by atoms with Gasteiger partial charge in [0.1, 0.15) is 17.4 Å². The topological polar surface area (TPSA) is 112 Å². The monoisotopic (exact) mass is 528 g/mol. The number of nitrogens with zero attached hydrogens (tertiary/aromatic N) is 4. The highest BCUT2D eigenvalue weighted by Gasteiger charge is 2.27. The molecule has 1 aliphatic rings. The number of hydrogen-bond acceptors (Lipinski definition) is 10. The van der Waals surface area contributed by atoms with Crippen LogP contribution in [0.1, 0.15) is 59.9 Å². The lowest BCUT2D eigenvalue weighted by atomic mass is 10.0. The average Bonchev–Trinajstić information content (AvgIpc) is 3.41. The molecule has 0 radical (unpaired) electrons. The lowest BCUT2D eigenvalue weighted by Crippen LogP contribution is -2.38. The van der Waals surface area contributed by atoms with Crippen LogP contribution >= 0.6 is 0 Å². The van der Waals surface area contributed by atoms with E-state index < -0.39 is 18.1 Å². The van der Waals surface area contributed by atoms with Crippen molar-refractivity contribution in [2.45, 2.75) is 78.9 Å². The average molecular weight is 529 g/mol. The fourth-order valence-corrected chi connectivity index (χ4v) is 4.29. The Morgan fingerprint density at radius 2 is 1.79 bits per heavy atom. The summed E-state index contributed by atoms with van der Waals surface area (Å²) in [7, 11) is 0. The summed E-state index contributed by atoms with van der Waals surface area (Å²) in [5, 5.41) is 17.0. The first-order chi connectivity index (χ1) is 18.1. The number of anilines is 3. The molecular formula is C28H44N6O4. The lowest BCUT2D eigenvalue weighted by molar-refractivity contribution is -0.155. The first-order valence-corrected chi connectivity index (χ1v) is 13.7. The Labute approximate surface area is 226 Å². The summed E-state index contributed by atoms with van der Waals surface area (Å²) < 4.78 is 11.5. The minimum absolute atomic E-state index is 0.368. The van der Waals surface area contributed by atoms with Crippen LogP contribution in [0, 0.1) is 0 Å². The second-order valence-electron chi connectivity index (χ2n) is 10.4. The molecular weight excluding hydrogens is 484 g/mol. The number of ether oxygens (including phenoxy) is 2. The molecule has 38 heavy (non-hydrogen) atoms. The van der Waals surface area contributed by atoms with Gasteiger partial charge in [-0.3, -0.25) is 0 Å². The molecule has 1 fully saturated rings. The summed E-state index contributed by atoms with van der Waals surface area (Å²) >= 11 is 0. The summed E-state index contributed by atoms with van der Waals surface area (Å²) in [6.45, 7) is 15.6. The number of rotatable bonds is 13. The maximum Gasteiger partial charge on any atom is 0.329 e. The van der Waals surface area contributed by atoms with Crippen LogP contribution in [0.15, 0.2) is 30.5 Å². The number of nitrogens with one attached hydrogen (secondary N) is 2. The number of aliphatic hydroxyl groups is 1. The number of aliphatic hydroxyl groups excluding tert-OH is 1. The van der Waals surface area contributed by atoms with Gasteiger partial charge in [-0.15, -0.1) is 0 Å². The van der Waals surface area contributed by atoms with E-state index >= 15 is 0 Å². The highest BCUT2D eigenvalue weighted by atomic mass is 16.6. The van der Waals surface area contributed by atoms with E-state index in [0.29, 0.717) is 30.5 Å². The Morgan fingerprint density at radius 1 is 1.13 bits per heavy atom. The van der Waals surface area contributed by atoms with Crippen molar-refractivity contribution in [3.05, 3.63) is 36.0 Å². The number of likely N-dealkylation sites (tertiary alicyclic amines) is 1.